The van der Waals surface area contributed by atoms with Crippen molar-refractivity contribution in [1.82, 2.24) is 4.31 Å². The molecule has 0 saturated carbocycles. The highest BCUT2D eigenvalue weighted by Gasteiger charge is 2.29. The predicted molar refractivity (Wildman–Crippen MR) is 104 cm³/mol. The van der Waals surface area contributed by atoms with E-state index < -0.39 is 10.0 Å². The van der Waals surface area contributed by atoms with Crippen molar-refractivity contribution in [2.24, 2.45) is 0 Å². The number of nitrogens with zero attached hydrogens (tertiary/aromatic N) is 2. The minimum atomic E-state index is -3.47. The topological polar surface area (TPSA) is 49.9 Å². The van der Waals surface area contributed by atoms with E-state index in [9.17, 15) is 8.42 Å². The Balaban J connectivity index is 1.71. The molecule has 1 heterocycles. The van der Waals surface area contributed by atoms with Crippen LogP contribution >= 0.6 is 0 Å². The van der Waals surface area contributed by atoms with Gasteiger partial charge in [-0.25, -0.2) is 8.42 Å². The molecule has 0 bridgehead atoms. The fraction of sp³-hybridized carbons (Fsp3) is 0.400. The second-order valence-electron chi connectivity index (χ2n) is 6.51. The van der Waals surface area contributed by atoms with E-state index in [-0.39, 0.29) is 0 Å². The van der Waals surface area contributed by atoms with Crippen molar-refractivity contribution in [1.29, 1.82) is 0 Å². The lowest BCUT2D eigenvalue weighted by molar-refractivity contribution is 0.340. The molecule has 1 saturated heterocycles. The maximum absolute atomic E-state index is 12.9. The van der Waals surface area contributed by atoms with Crippen LogP contribution in [0.4, 0.5) is 5.69 Å². The maximum Gasteiger partial charge on any atom is 0.243 e. The monoisotopic (exact) mass is 374 g/mol. The summed E-state index contributed by atoms with van der Waals surface area (Å²) in [5.74, 6) is 0.686. The molecule has 2 aromatic carbocycles. The van der Waals surface area contributed by atoms with Gasteiger partial charge in [0.1, 0.15) is 5.75 Å². The highest BCUT2D eigenvalue weighted by atomic mass is 32.2. The van der Waals surface area contributed by atoms with Gasteiger partial charge >= 0.3 is 0 Å². The molecule has 0 atom stereocenters. The number of sulfonamides is 1. The molecule has 0 unspecified atom stereocenters. The smallest absolute Gasteiger partial charge is 0.243 e. The Morgan fingerprint density at radius 1 is 0.962 bits per heavy atom. The van der Waals surface area contributed by atoms with E-state index in [0.717, 1.165) is 0 Å². The molecule has 0 radical (unpaired) electrons. The van der Waals surface area contributed by atoms with Crippen LogP contribution in [0, 0.1) is 13.8 Å². The molecule has 140 valence electrons. The summed E-state index contributed by atoms with van der Waals surface area (Å²) in [7, 11) is -3.47. The molecule has 0 aliphatic carbocycles. The average molecular weight is 375 g/mol. The molecule has 0 N–H and O–H groups in total. The molecule has 0 aromatic heterocycles. The summed E-state index contributed by atoms with van der Waals surface area (Å²) in [5, 5.41) is 0. The average Bonchev–Trinajstić information content (AvgIpc) is 2.65. The van der Waals surface area contributed by atoms with Crippen LogP contribution in [0.5, 0.6) is 5.75 Å². The summed E-state index contributed by atoms with van der Waals surface area (Å²) in [4.78, 5) is 2.59. The Bertz CT molecular complexity index is 855. The molecule has 0 amide bonds. The summed E-state index contributed by atoms with van der Waals surface area (Å²) in [5.41, 5.74) is 3.71. The SMILES string of the molecule is CCOc1ccc(S(=O)(=O)N2CCN(c3cccc(C)c3C)CC2)cc1. The van der Waals surface area contributed by atoms with Gasteiger partial charge in [0.25, 0.3) is 0 Å². The summed E-state index contributed by atoms with van der Waals surface area (Å²) in [6, 6.07) is 12.9. The Hall–Kier alpha value is -2.05. The Kier molecular flexibility index (Phi) is 5.53. The van der Waals surface area contributed by atoms with Crippen LogP contribution in [0.15, 0.2) is 47.4 Å². The molecular formula is C20H26N2O3S. The summed E-state index contributed by atoms with van der Waals surface area (Å²) >= 11 is 0. The lowest BCUT2D eigenvalue weighted by Crippen LogP contribution is -2.48. The zero-order valence-corrected chi connectivity index (χ0v) is 16.4. The molecule has 26 heavy (non-hydrogen) atoms. The summed E-state index contributed by atoms with van der Waals surface area (Å²) in [6.45, 7) is 9.05. The second kappa shape index (κ2) is 7.68. The van der Waals surface area contributed by atoms with Gasteiger partial charge in [-0.05, 0) is 62.2 Å². The first kappa shape index (κ1) is 18.7. The third-order valence-corrected chi connectivity index (χ3v) is 6.84. The number of aryl methyl sites for hydroxylation is 1. The Morgan fingerprint density at radius 3 is 2.23 bits per heavy atom. The summed E-state index contributed by atoms with van der Waals surface area (Å²) < 4.78 is 32.7. The van der Waals surface area contributed by atoms with Crippen molar-refractivity contribution >= 4 is 15.7 Å². The van der Waals surface area contributed by atoms with Gasteiger partial charge in [0, 0.05) is 31.9 Å². The fourth-order valence-corrected chi connectivity index (χ4v) is 4.69. The van der Waals surface area contributed by atoms with Gasteiger partial charge < -0.3 is 9.64 Å². The van der Waals surface area contributed by atoms with E-state index in [1.54, 1.807) is 28.6 Å². The zero-order chi connectivity index (χ0) is 18.7. The van der Waals surface area contributed by atoms with Gasteiger partial charge in [-0.2, -0.15) is 4.31 Å². The van der Waals surface area contributed by atoms with E-state index in [0.29, 0.717) is 43.4 Å². The number of piperazine rings is 1. The lowest BCUT2D eigenvalue weighted by Gasteiger charge is -2.36. The zero-order valence-electron chi connectivity index (χ0n) is 15.6. The van der Waals surface area contributed by atoms with Gasteiger partial charge in [-0.3, -0.25) is 0 Å². The molecule has 5 nitrogen and oxygen atoms in total. The molecule has 0 spiro atoms. The van der Waals surface area contributed by atoms with E-state index in [2.05, 4.69) is 36.9 Å². The van der Waals surface area contributed by atoms with E-state index in [4.69, 9.17) is 4.74 Å². The van der Waals surface area contributed by atoms with Crippen LogP contribution in [0.1, 0.15) is 18.1 Å². The van der Waals surface area contributed by atoms with Crippen molar-refractivity contribution in [3.63, 3.8) is 0 Å². The minimum absolute atomic E-state index is 0.320. The number of hydrogen-bond donors (Lipinski definition) is 0. The van der Waals surface area contributed by atoms with E-state index in [1.165, 1.54) is 16.8 Å². The molecule has 1 fully saturated rings. The fourth-order valence-electron chi connectivity index (χ4n) is 3.27. The largest absolute Gasteiger partial charge is 0.494 e. The maximum atomic E-state index is 12.9. The number of ether oxygens (including phenoxy) is 1. The van der Waals surface area contributed by atoms with Crippen LogP contribution in [0.2, 0.25) is 0 Å². The number of benzene rings is 2. The highest BCUT2D eigenvalue weighted by molar-refractivity contribution is 7.89. The van der Waals surface area contributed by atoms with Gasteiger partial charge in [0.2, 0.25) is 10.0 Å². The lowest BCUT2D eigenvalue weighted by atomic mass is 10.1. The van der Waals surface area contributed by atoms with Gasteiger partial charge in [0.05, 0.1) is 11.5 Å². The highest BCUT2D eigenvalue weighted by Crippen LogP contribution is 2.26. The van der Waals surface area contributed by atoms with Crippen LogP contribution in [-0.2, 0) is 10.0 Å². The predicted octanol–water partition coefficient (Wildman–Crippen LogP) is 3.21. The first-order valence-corrected chi connectivity index (χ1v) is 10.4. The molecule has 3 rings (SSSR count). The normalized spacial score (nSPS) is 15.9. The third-order valence-electron chi connectivity index (χ3n) is 4.93. The standard InChI is InChI=1S/C20H26N2O3S/c1-4-25-18-8-10-19(11-9-18)26(23,24)22-14-12-21(13-15-22)20-7-5-6-16(2)17(20)3/h5-11H,4,12-15H2,1-3H3. The second-order valence-corrected chi connectivity index (χ2v) is 8.45. The van der Waals surface area contributed by atoms with Crippen molar-refractivity contribution in [3.05, 3.63) is 53.6 Å². The van der Waals surface area contributed by atoms with Crippen molar-refractivity contribution in [2.45, 2.75) is 25.7 Å². The van der Waals surface area contributed by atoms with E-state index >= 15 is 0 Å². The van der Waals surface area contributed by atoms with Crippen LogP contribution in [0.25, 0.3) is 0 Å². The Labute approximate surface area is 156 Å². The minimum Gasteiger partial charge on any atom is -0.494 e. The van der Waals surface area contributed by atoms with E-state index in [1.807, 2.05) is 6.92 Å². The molecule has 1 aliphatic heterocycles. The number of hydrogen-bond acceptors (Lipinski definition) is 4. The first-order chi connectivity index (χ1) is 12.4. The van der Waals surface area contributed by atoms with Gasteiger partial charge in [-0.1, -0.05) is 12.1 Å². The summed E-state index contributed by atoms with van der Waals surface area (Å²) in [6.07, 6.45) is 0. The molecular weight excluding hydrogens is 348 g/mol. The molecule has 2 aromatic rings. The van der Waals surface area contributed by atoms with Gasteiger partial charge in [-0.15, -0.1) is 0 Å². The van der Waals surface area contributed by atoms with Crippen LogP contribution < -0.4 is 9.64 Å². The van der Waals surface area contributed by atoms with Crippen molar-refractivity contribution in [2.75, 3.05) is 37.7 Å². The third kappa shape index (κ3) is 3.71. The molecule has 6 heteroatoms. The van der Waals surface area contributed by atoms with Gasteiger partial charge in [0.15, 0.2) is 0 Å². The molecule has 1 aliphatic rings. The van der Waals surface area contributed by atoms with Crippen LogP contribution in [-0.4, -0.2) is 45.5 Å². The number of anilines is 1. The van der Waals surface area contributed by atoms with Crippen LogP contribution in [0.3, 0.4) is 0 Å². The first-order valence-electron chi connectivity index (χ1n) is 8.97. The van der Waals surface area contributed by atoms with Crippen molar-refractivity contribution < 1.29 is 13.2 Å². The van der Waals surface area contributed by atoms with Crippen molar-refractivity contribution in [3.8, 4) is 5.75 Å². The Morgan fingerprint density at radius 2 is 1.62 bits per heavy atom. The number of rotatable bonds is 5. The quantitative estimate of drug-likeness (QED) is 0.806.